The molecule has 0 aromatic heterocycles. The van der Waals surface area contributed by atoms with Crippen molar-refractivity contribution < 1.29 is 8.42 Å². The minimum absolute atomic E-state index is 0.0363. The summed E-state index contributed by atoms with van der Waals surface area (Å²) < 4.78 is 24.3. The Labute approximate surface area is 143 Å². The minimum Gasteiger partial charge on any atom is -0.310 e. The lowest BCUT2D eigenvalue weighted by Gasteiger charge is -2.43. The van der Waals surface area contributed by atoms with Gasteiger partial charge in [-0.15, -0.1) is 0 Å². The van der Waals surface area contributed by atoms with Gasteiger partial charge in [0.25, 0.3) is 0 Å². The summed E-state index contributed by atoms with van der Waals surface area (Å²) in [5, 5.41) is 3.40. The van der Waals surface area contributed by atoms with Crippen molar-refractivity contribution in [2.24, 2.45) is 0 Å². The molecule has 0 amide bonds. The van der Waals surface area contributed by atoms with E-state index in [0.717, 1.165) is 13.1 Å². The third-order valence-corrected chi connectivity index (χ3v) is 6.80. The van der Waals surface area contributed by atoms with Crippen LogP contribution >= 0.6 is 0 Å². The summed E-state index contributed by atoms with van der Waals surface area (Å²) in [5.41, 5.74) is 2.43. The molecule has 2 aromatic carbocycles. The van der Waals surface area contributed by atoms with Gasteiger partial charge in [0.2, 0.25) is 0 Å². The van der Waals surface area contributed by atoms with Gasteiger partial charge in [0.1, 0.15) is 0 Å². The van der Waals surface area contributed by atoms with E-state index in [1.165, 1.54) is 11.1 Å². The lowest BCUT2D eigenvalue weighted by molar-refractivity contribution is 0.115. The van der Waals surface area contributed by atoms with Crippen molar-refractivity contribution in [1.29, 1.82) is 0 Å². The molecule has 0 radical (unpaired) electrons. The summed E-state index contributed by atoms with van der Waals surface area (Å²) in [6.07, 6.45) is 0. The van der Waals surface area contributed by atoms with E-state index < -0.39 is 9.84 Å². The molecule has 0 bridgehead atoms. The first-order valence-corrected chi connectivity index (χ1v) is 10.3. The van der Waals surface area contributed by atoms with Crippen LogP contribution in [0.15, 0.2) is 60.7 Å². The Morgan fingerprint density at radius 2 is 1.50 bits per heavy atom. The zero-order valence-electron chi connectivity index (χ0n) is 13.5. The largest absolute Gasteiger partial charge is 0.310 e. The van der Waals surface area contributed by atoms with E-state index in [9.17, 15) is 8.42 Å². The average molecular weight is 342 g/mol. The normalized spacial score (nSPS) is 26.4. The van der Waals surface area contributed by atoms with Crippen LogP contribution in [0.1, 0.15) is 17.2 Å². The first kappa shape index (κ1) is 15.8. The molecule has 1 N–H and O–H groups in total. The van der Waals surface area contributed by atoms with Crippen LogP contribution in [0.2, 0.25) is 0 Å². The molecular weight excluding hydrogens is 320 g/mol. The Morgan fingerprint density at radius 1 is 0.917 bits per heavy atom. The van der Waals surface area contributed by atoms with Crippen molar-refractivity contribution in [2.45, 2.75) is 18.1 Å². The zero-order chi connectivity index (χ0) is 16.6. The van der Waals surface area contributed by atoms with Gasteiger partial charge < -0.3 is 5.32 Å². The number of piperazine rings is 1. The SMILES string of the molecule is O=S1(=O)C[C@@H]2NCCN(C(c3ccccc3)c3ccccc3)[C@@H]2C1. The second kappa shape index (κ2) is 6.31. The number of nitrogens with one attached hydrogen (secondary N) is 1. The Balaban J connectivity index is 1.76. The van der Waals surface area contributed by atoms with E-state index in [4.69, 9.17) is 0 Å². The molecule has 126 valence electrons. The number of fused-ring (bicyclic) bond motifs is 1. The van der Waals surface area contributed by atoms with E-state index in [0.29, 0.717) is 0 Å². The van der Waals surface area contributed by atoms with Crippen LogP contribution in [-0.2, 0) is 9.84 Å². The van der Waals surface area contributed by atoms with Gasteiger partial charge in [-0.25, -0.2) is 8.42 Å². The number of hydrogen-bond acceptors (Lipinski definition) is 4. The first-order valence-electron chi connectivity index (χ1n) is 8.43. The van der Waals surface area contributed by atoms with Crippen LogP contribution in [0, 0.1) is 0 Å². The highest BCUT2D eigenvalue weighted by Gasteiger charge is 2.45. The molecule has 2 heterocycles. The van der Waals surface area contributed by atoms with Crippen LogP contribution in [0.4, 0.5) is 0 Å². The number of nitrogens with zero attached hydrogens (tertiary/aromatic N) is 1. The van der Waals surface area contributed by atoms with Gasteiger partial charge in [-0.2, -0.15) is 0 Å². The first-order chi connectivity index (χ1) is 11.6. The third kappa shape index (κ3) is 2.99. The lowest BCUT2D eigenvalue weighted by atomic mass is 9.93. The van der Waals surface area contributed by atoms with Crippen LogP contribution in [0.5, 0.6) is 0 Å². The van der Waals surface area contributed by atoms with E-state index in [1.54, 1.807) is 0 Å². The molecule has 0 spiro atoms. The molecule has 4 rings (SSSR count). The fourth-order valence-corrected chi connectivity index (χ4v) is 6.03. The number of rotatable bonds is 3. The van der Waals surface area contributed by atoms with E-state index in [1.807, 2.05) is 12.1 Å². The topological polar surface area (TPSA) is 49.4 Å². The van der Waals surface area contributed by atoms with Gasteiger partial charge in [-0.05, 0) is 11.1 Å². The maximum absolute atomic E-state index is 12.2. The maximum atomic E-state index is 12.2. The van der Waals surface area contributed by atoms with E-state index in [-0.39, 0.29) is 29.6 Å². The summed E-state index contributed by atoms with van der Waals surface area (Å²) in [6.45, 7) is 1.68. The summed E-state index contributed by atoms with van der Waals surface area (Å²) >= 11 is 0. The van der Waals surface area contributed by atoms with Gasteiger partial charge in [-0.3, -0.25) is 4.90 Å². The molecule has 4 nitrogen and oxygen atoms in total. The van der Waals surface area contributed by atoms with Crippen molar-refractivity contribution in [3.8, 4) is 0 Å². The highest BCUT2D eigenvalue weighted by molar-refractivity contribution is 7.91. The Hall–Kier alpha value is -1.69. The molecule has 0 saturated carbocycles. The van der Waals surface area contributed by atoms with Gasteiger partial charge in [-0.1, -0.05) is 60.7 Å². The quantitative estimate of drug-likeness (QED) is 0.925. The van der Waals surface area contributed by atoms with Crippen LogP contribution in [-0.4, -0.2) is 50.0 Å². The number of hydrogen-bond donors (Lipinski definition) is 1. The van der Waals surface area contributed by atoms with Crippen molar-refractivity contribution in [2.75, 3.05) is 24.6 Å². The van der Waals surface area contributed by atoms with Gasteiger partial charge in [0.05, 0.1) is 17.5 Å². The van der Waals surface area contributed by atoms with Crippen molar-refractivity contribution in [3.63, 3.8) is 0 Å². The van der Waals surface area contributed by atoms with E-state index >= 15 is 0 Å². The fraction of sp³-hybridized carbons (Fsp3) is 0.368. The summed E-state index contributed by atoms with van der Waals surface area (Å²) in [7, 11) is -2.96. The Bertz CT molecular complexity index is 753. The molecular formula is C19H22N2O2S. The smallest absolute Gasteiger partial charge is 0.153 e. The molecule has 2 saturated heterocycles. The average Bonchev–Trinajstić information content (AvgIpc) is 2.92. The number of sulfone groups is 1. The maximum Gasteiger partial charge on any atom is 0.153 e. The molecule has 24 heavy (non-hydrogen) atoms. The lowest BCUT2D eigenvalue weighted by Crippen LogP contribution is -2.58. The molecule has 2 atom stereocenters. The molecule has 2 aliphatic heterocycles. The molecule has 0 aliphatic carbocycles. The van der Waals surface area contributed by atoms with Crippen molar-refractivity contribution >= 4 is 9.84 Å². The monoisotopic (exact) mass is 342 g/mol. The van der Waals surface area contributed by atoms with Gasteiger partial charge in [0, 0.05) is 25.2 Å². The molecule has 2 aromatic rings. The molecule has 2 fully saturated rings. The standard InChI is InChI=1S/C19H22N2O2S/c22-24(23)13-17-18(14-24)21(12-11-20-17)19(15-7-3-1-4-8-15)16-9-5-2-6-10-16/h1-10,17-20H,11-14H2/t17-,18+/m0/s1. The predicted molar refractivity (Wildman–Crippen MR) is 95.7 cm³/mol. The highest BCUT2D eigenvalue weighted by atomic mass is 32.2. The van der Waals surface area contributed by atoms with Crippen molar-refractivity contribution in [3.05, 3.63) is 71.8 Å². The van der Waals surface area contributed by atoms with Crippen LogP contribution in [0.25, 0.3) is 0 Å². The summed E-state index contributed by atoms with van der Waals surface area (Å²) in [4.78, 5) is 2.39. The number of benzene rings is 2. The Morgan fingerprint density at radius 3 is 2.08 bits per heavy atom. The van der Waals surface area contributed by atoms with Crippen LogP contribution < -0.4 is 5.32 Å². The highest BCUT2D eigenvalue weighted by Crippen LogP contribution is 2.34. The Kier molecular flexibility index (Phi) is 4.16. The minimum atomic E-state index is -2.96. The molecule has 5 heteroatoms. The second-order valence-corrected chi connectivity index (χ2v) is 8.82. The summed E-state index contributed by atoms with van der Waals surface area (Å²) in [6, 6.07) is 21.0. The fourth-order valence-electron chi connectivity index (χ4n) is 4.06. The molecule has 0 unspecified atom stereocenters. The van der Waals surface area contributed by atoms with Gasteiger partial charge >= 0.3 is 0 Å². The third-order valence-electron chi connectivity index (χ3n) is 5.09. The van der Waals surface area contributed by atoms with Crippen LogP contribution in [0.3, 0.4) is 0 Å². The van der Waals surface area contributed by atoms with Crippen molar-refractivity contribution in [1.82, 2.24) is 10.2 Å². The van der Waals surface area contributed by atoms with E-state index in [2.05, 4.69) is 58.7 Å². The zero-order valence-corrected chi connectivity index (χ0v) is 14.3. The second-order valence-electron chi connectivity index (χ2n) is 6.67. The predicted octanol–water partition coefficient (Wildman–Crippen LogP) is 1.85. The summed E-state index contributed by atoms with van der Waals surface area (Å²) in [5.74, 6) is 0.505. The van der Waals surface area contributed by atoms with Gasteiger partial charge in [0.15, 0.2) is 9.84 Å². The molecule has 2 aliphatic rings.